The van der Waals surface area contributed by atoms with Crippen molar-refractivity contribution < 1.29 is 0 Å². The van der Waals surface area contributed by atoms with Gasteiger partial charge < -0.3 is 5.73 Å². The molecule has 1 aliphatic carbocycles. The van der Waals surface area contributed by atoms with Crippen LogP contribution in [0.4, 0.5) is 11.4 Å². The van der Waals surface area contributed by atoms with E-state index in [2.05, 4.69) is 220 Å². The van der Waals surface area contributed by atoms with Crippen molar-refractivity contribution in [2.24, 2.45) is 4.99 Å². The van der Waals surface area contributed by atoms with E-state index < -0.39 is 5.41 Å². The fraction of sp³-hybridized carbons (Fsp3) is 0.0597. The number of anilines is 1. The van der Waals surface area contributed by atoms with Gasteiger partial charge in [0.1, 0.15) is 0 Å². The summed E-state index contributed by atoms with van der Waals surface area (Å²) in [5, 5.41) is 2.52. The third-order valence-corrected chi connectivity index (χ3v) is 12.8. The molecule has 1 aliphatic heterocycles. The molecule has 0 saturated carbocycles. The van der Waals surface area contributed by atoms with E-state index in [4.69, 9.17) is 10.7 Å². The predicted molar refractivity (Wildman–Crippen MR) is 297 cm³/mol. The van der Waals surface area contributed by atoms with E-state index in [0.717, 1.165) is 23.5 Å². The van der Waals surface area contributed by atoms with Gasteiger partial charge in [-0.2, -0.15) is 0 Å². The molecule has 9 aromatic rings. The molecule has 1 spiro atoms. The van der Waals surface area contributed by atoms with Gasteiger partial charge in [-0.1, -0.05) is 237 Å². The van der Waals surface area contributed by atoms with E-state index in [1.165, 1.54) is 83.1 Å². The highest BCUT2D eigenvalue weighted by Gasteiger charge is 2.52. The molecule has 9 aromatic carbocycles. The van der Waals surface area contributed by atoms with Crippen molar-refractivity contribution >= 4 is 27.9 Å². The third kappa shape index (κ3) is 9.66. The number of nitrogen functional groups attached to an aromatic ring is 1. The first kappa shape index (κ1) is 45.6. The Hall–Kier alpha value is -8.59. The van der Waals surface area contributed by atoms with Crippen LogP contribution < -0.4 is 5.73 Å². The molecule has 2 N–H and O–H groups in total. The van der Waals surface area contributed by atoms with Gasteiger partial charge >= 0.3 is 0 Å². The highest BCUT2D eigenvalue weighted by Crippen LogP contribution is 2.60. The molecule has 0 saturated heterocycles. The Balaban J connectivity index is 0.000000368. The number of rotatable bonds is 9. The molecule has 11 rings (SSSR count). The summed E-state index contributed by atoms with van der Waals surface area (Å²) < 4.78 is 0. The number of hydrogen-bond acceptors (Lipinski definition) is 2. The monoisotopic (exact) mass is 888 g/mol. The molecule has 334 valence electrons. The molecule has 0 radical (unpaired) electrons. The maximum atomic E-state index is 5.37. The van der Waals surface area contributed by atoms with Crippen LogP contribution in [0.2, 0.25) is 0 Å². The van der Waals surface area contributed by atoms with Gasteiger partial charge in [0.15, 0.2) is 0 Å². The topological polar surface area (TPSA) is 38.4 Å². The van der Waals surface area contributed by atoms with Crippen LogP contribution in [0.3, 0.4) is 0 Å². The van der Waals surface area contributed by atoms with Crippen LogP contribution in [0, 0.1) is 0 Å². The fourth-order valence-corrected chi connectivity index (χ4v) is 9.64. The Kier molecular flexibility index (Phi) is 14.1. The zero-order valence-electron chi connectivity index (χ0n) is 39.3. The van der Waals surface area contributed by atoms with Crippen LogP contribution in [0.25, 0.3) is 55.3 Å². The Morgan fingerprint density at radius 1 is 0.464 bits per heavy atom. The van der Waals surface area contributed by atoms with Gasteiger partial charge in [-0.05, 0) is 140 Å². The minimum Gasteiger partial charge on any atom is -0.399 e. The van der Waals surface area contributed by atoms with Gasteiger partial charge in [-0.25, -0.2) is 0 Å². The number of para-hydroxylation sites is 2. The molecular weight excluding hydrogens is 833 g/mol. The lowest BCUT2D eigenvalue weighted by molar-refractivity contribution is 0.894. The lowest BCUT2D eigenvalue weighted by Gasteiger charge is -2.31. The van der Waals surface area contributed by atoms with E-state index in [1.807, 2.05) is 61.6 Å². The molecule has 1 atom stereocenters. The van der Waals surface area contributed by atoms with Crippen molar-refractivity contribution in [1.82, 2.24) is 0 Å². The second-order valence-electron chi connectivity index (χ2n) is 17.2. The Morgan fingerprint density at radius 3 is 1.78 bits per heavy atom. The van der Waals surface area contributed by atoms with Gasteiger partial charge in [-0.15, -0.1) is 0 Å². The van der Waals surface area contributed by atoms with E-state index >= 15 is 0 Å². The molecule has 0 bridgehead atoms. The van der Waals surface area contributed by atoms with E-state index in [0.29, 0.717) is 0 Å². The molecular formula is C67H56N2. The van der Waals surface area contributed by atoms with Crippen molar-refractivity contribution in [3.05, 3.63) is 301 Å². The fourth-order valence-electron chi connectivity index (χ4n) is 9.64. The highest BCUT2D eigenvalue weighted by atomic mass is 14.8. The zero-order valence-corrected chi connectivity index (χ0v) is 39.3. The molecule has 2 heteroatoms. The summed E-state index contributed by atoms with van der Waals surface area (Å²) in [5.41, 5.74) is 24.1. The molecule has 69 heavy (non-hydrogen) atoms. The number of aliphatic imine (C=N–C) groups is 1. The first-order valence-electron chi connectivity index (χ1n) is 23.7. The number of allylic oxidation sites excluding steroid dienone is 9. The molecule has 0 aromatic heterocycles. The van der Waals surface area contributed by atoms with Crippen molar-refractivity contribution in [1.29, 1.82) is 0 Å². The van der Waals surface area contributed by atoms with E-state index in [1.54, 1.807) is 6.08 Å². The number of nitrogens with two attached hydrogens (primary N) is 1. The summed E-state index contributed by atoms with van der Waals surface area (Å²) in [4.78, 5) is 5.37. The van der Waals surface area contributed by atoms with Gasteiger partial charge in [0.25, 0.3) is 0 Å². The van der Waals surface area contributed by atoms with Crippen molar-refractivity contribution in [2.75, 3.05) is 5.73 Å². The molecule has 2 aliphatic rings. The Bertz CT molecular complexity index is 3390. The Labute approximate surface area is 408 Å². The number of benzene rings is 9. The highest BCUT2D eigenvalue weighted by molar-refractivity contribution is 6.20. The zero-order chi connectivity index (χ0) is 47.4. The average molecular weight is 889 g/mol. The lowest BCUT2D eigenvalue weighted by atomic mass is 9.68. The third-order valence-electron chi connectivity index (χ3n) is 12.8. The number of nitrogens with zero attached hydrogens (tertiary/aromatic N) is 1. The predicted octanol–water partition coefficient (Wildman–Crippen LogP) is 17.5. The molecule has 0 fully saturated rings. The van der Waals surface area contributed by atoms with Crippen molar-refractivity contribution in [2.45, 2.75) is 25.7 Å². The molecule has 0 amide bonds. The largest absolute Gasteiger partial charge is 0.399 e. The first-order chi connectivity index (χ1) is 34.0. The Morgan fingerprint density at radius 2 is 1.06 bits per heavy atom. The maximum Gasteiger partial charge on any atom is 0.0913 e. The van der Waals surface area contributed by atoms with Crippen LogP contribution in [-0.4, -0.2) is 5.71 Å². The minimum atomic E-state index is -0.540. The van der Waals surface area contributed by atoms with Gasteiger partial charge in [-0.3, -0.25) is 4.99 Å². The SMILES string of the molecule is C/C=C\C=C/C1=Nc2ccccc2C12c1cc(-c3cccc(-c4cccc(Cc5ccc(-c6ccccc6)cc5)c4)c3)ccc1-c1ccc3ccccc3c12.C=C/C=C\C=C/C.Nc1ccccc1. The summed E-state index contributed by atoms with van der Waals surface area (Å²) in [7, 11) is 0. The smallest absolute Gasteiger partial charge is 0.0913 e. The second kappa shape index (κ2) is 21.4. The quantitative estimate of drug-likeness (QED) is 0.114. The normalized spacial score (nSPS) is 14.3. The summed E-state index contributed by atoms with van der Waals surface area (Å²) in [6.07, 6.45) is 18.9. The van der Waals surface area contributed by atoms with Crippen molar-refractivity contribution in [3.63, 3.8) is 0 Å². The minimum absolute atomic E-state index is 0.540. The molecule has 1 heterocycles. The van der Waals surface area contributed by atoms with Crippen LogP contribution in [0.1, 0.15) is 41.7 Å². The van der Waals surface area contributed by atoms with Gasteiger partial charge in [0.05, 0.1) is 16.8 Å². The molecule has 2 nitrogen and oxygen atoms in total. The second-order valence-corrected chi connectivity index (χ2v) is 17.2. The number of hydrogen-bond donors (Lipinski definition) is 1. The summed E-state index contributed by atoms with van der Waals surface area (Å²) >= 11 is 0. The van der Waals surface area contributed by atoms with Crippen LogP contribution in [0.15, 0.2) is 279 Å². The summed E-state index contributed by atoms with van der Waals surface area (Å²) in [5.74, 6) is 0. The number of fused-ring (bicyclic) bond motifs is 9. The average Bonchev–Trinajstić information content (AvgIpc) is 3.89. The maximum absolute atomic E-state index is 5.37. The summed E-state index contributed by atoms with van der Waals surface area (Å²) in [6.45, 7) is 7.55. The van der Waals surface area contributed by atoms with Crippen molar-refractivity contribution in [3.8, 4) is 44.5 Å². The van der Waals surface area contributed by atoms with E-state index in [-0.39, 0.29) is 0 Å². The molecule has 1 unspecified atom stereocenters. The standard InChI is InChI=1S/C54H39N.C7H10.C6H7N/c1-2-3-5-24-52-54(49-22-10-11-23-51(49)55-52)50-36-45(30-31-47(50)48-32-29-41-17-8-9-21-46(41)53(48)54)44-20-13-19-43(35-44)42-18-12-14-38(34-42)33-37-25-27-40(28-26-37)39-15-6-4-7-16-39;1-3-5-7-6-4-2;7-6-4-2-1-3-5-6/h2-32,34-36H,33H2,1H3;3-7H,1H2,2H3;1-5H,7H2/b3-2-,24-5-;6-4-,7-5-;. The first-order valence-corrected chi connectivity index (χ1v) is 23.7. The van der Waals surface area contributed by atoms with Gasteiger partial charge in [0.2, 0.25) is 0 Å². The summed E-state index contributed by atoms with van der Waals surface area (Å²) in [6, 6.07) is 76.3. The van der Waals surface area contributed by atoms with Gasteiger partial charge in [0, 0.05) is 5.69 Å². The van der Waals surface area contributed by atoms with E-state index in [9.17, 15) is 0 Å². The van der Waals surface area contributed by atoms with Crippen LogP contribution in [0.5, 0.6) is 0 Å². The lowest BCUT2D eigenvalue weighted by Crippen LogP contribution is -2.33. The van der Waals surface area contributed by atoms with Crippen LogP contribution >= 0.6 is 0 Å². The van der Waals surface area contributed by atoms with Crippen LogP contribution in [-0.2, 0) is 11.8 Å².